The van der Waals surface area contributed by atoms with E-state index in [2.05, 4.69) is 0 Å². The van der Waals surface area contributed by atoms with Gasteiger partial charge in [0.25, 0.3) is 0 Å². The number of hydrogen-bond donors (Lipinski definition) is 0. The van der Waals surface area contributed by atoms with E-state index in [9.17, 15) is 9.59 Å². The van der Waals surface area contributed by atoms with Crippen molar-refractivity contribution in [3.8, 4) is 0 Å². The Kier molecular flexibility index (Phi) is 7.60. The molecular formula is C12H22O4. The second kappa shape index (κ2) is 8.13. The van der Waals surface area contributed by atoms with Gasteiger partial charge in [0, 0.05) is 12.8 Å². The zero-order chi connectivity index (χ0) is 12.6. The molecule has 0 rings (SSSR count). The van der Waals surface area contributed by atoms with Crippen LogP contribution in [0.4, 0.5) is 0 Å². The largest absolute Gasteiger partial charge is 0.462 e. The van der Waals surface area contributed by atoms with Crippen LogP contribution < -0.4 is 0 Å². The molecule has 0 saturated heterocycles. The number of carbonyl (C=O) groups is 2. The zero-order valence-electron chi connectivity index (χ0n) is 10.6. The number of esters is 2. The first-order valence-corrected chi connectivity index (χ1v) is 5.73. The van der Waals surface area contributed by atoms with Crippen molar-refractivity contribution in [1.82, 2.24) is 0 Å². The summed E-state index contributed by atoms with van der Waals surface area (Å²) in [6.07, 6.45) is 0.805. The molecule has 0 aliphatic carbocycles. The van der Waals surface area contributed by atoms with Crippen molar-refractivity contribution in [2.45, 2.75) is 40.5 Å². The maximum absolute atomic E-state index is 11.1. The van der Waals surface area contributed by atoms with Crippen LogP contribution in [-0.2, 0) is 19.1 Å². The lowest BCUT2D eigenvalue weighted by Crippen LogP contribution is -2.15. The normalized spacial score (nSPS) is 10.6. The van der Waals surface area contributed by atoms with E-state index in [0.29, 0.717) is 12.8 Å². The van der Waals surface area contributed by atoms with Crippen LogP contribution in [0.2, 0.25) is 0 Å². The third-order valence-electron chi connectivity index (χ3n) is 1.76. The molecule has 16 heavy (non-hydrogen) atoms. The van der Waals surface area contributed by atoms with Crippen LogP contribution in [0.15, 0.2) is 0 Å². The van der Waals surface area contributed by atoms with Crippen LogP contribution in [0.5, 0.6) is 0 Å². The Bertz CT molecular complexity index is 197. The van der Waals surface area contributed by atoms with Gasteiger partial charge in [-0.05, 0) is 11.8 Å². The van der Waals surface area contributed by atoms with E-state index < -0.39 is 0 Å². The van der Waals surface area contributed by atoms with E-state index in [1.54, 1.807) is 0 Å². The molecule has 0 unspecified atom stereocenters. The zero-order valence-corrected chi connectivity index (χ0v) is 10.6. The summed E-state index contributed by atoms with van der Waals surface area (Å²) in [5.41, 5.74) is 0. The maximum Gasteiger partial charge on any atom is 0.306 e. The molecule has 0 atom stereocenters. The molecule has 0 amide bonds. The SMILES string of the molecule is CC(C)CC(=O)OCCOC(=O)CC(C)C. The van der Waals surface area contributed by atoms with Crippen molar-refractivity contribution >= 4 is 11.9 Å². The molecule has 0 saturated carbocycles. The molecule has 0 aliphatic heterocycles. The highest BCUT2D eigenvalue weighted by molar-refractivity contribution is 5.70. The van der Waals surface area contributed by atoms with E-state index >= 15 is 0 Å². The number of hydrogen-bond acceptors (Lipinski definition) is 4. The summed E-state index contributed by atoms with van der Waals surface area (Å²) < 4.78 is 9.78. The molecule has 94 valence electrons. The Morgan fingerprint density at radius 1 is 0.812 bits per heavy atom. The van der Waals surface area contributed by atoms with E-state index in [1.165, 1.54) is 0 Å². The quantitative estimate of drug-likeness (QED) is 0.497. The molecule has 0 spiro atoms. The third-order valence-corrected chi connectivity index (χ3v) is 1.76. The lowest BCUT2D eigenvalue weighted by atomic mass is 10.1. The Morgan fingerprint density at radius 2 is 1.12 bits per heavy atom. The van der Waals surface area contributed by atoms with Crippen molar-refractivity contribution in [3.05, 3.63) is 0 Å². The molecule has 4 heteroatoms. The monoisotopic (exact) mass is 230 g/mol. The summed E-state index contributed by atoms with van der Waals surface area (Å²) in [5.74, 6) is 0.0943. The van der Waals surface area contributed by atoms with Crippen LogP contribution in [-0.4, -0.2) is 25.2 Å². The van der Waals surface area contributed by atoms with Crippen molar-refractivity contribution in [3.63, 3.8) is 0 Å². The van der Waals surface area contributed by atoms with E-state index in [4.69, 9.17) is 9.47 Å². The smallest absolute Gasteiger partial charge is 0.306 e. The van der Waals surface area contributed by atoms with Crippen molar-refractivity contribution in [2.24, 2.45) is 11.8 Å². The van der Waals surface area contributed by atoms with Crippen LogP contribution >= 0.6 is 0 Å². The predicted molar refractivity (Wildman–Crippen MR) is 60.8 cm³/mol. The summed E-state index contributed by atoms with van der Waals surface area (Å²) >= 11 is 0. The van der Waals surface area contributed by atoms with Crippen molar-refractivity contribution in [1.29, 1.82) is 0 Å². The average Bonchev–Trinajstić information content (AvgIpc) is 2.10. The van der Waals surface area contributed by atoms with Gasteiger partial charge < -0.3 is 9.47 Å². The summed E-state index contributed by atoms with van der Waals surface area (Å²) in [6.45, 7) is 8.09. The van der Waals surface area contributed by atoms with Crippen LogP contribution in [0.3, 0.4) is 0 Å². The lowest BCUT2D eigenvalue weighted by Gasteiger charge is -2.08. The standard InChI is InChI=1S/C12H22O4/c1-9(2)7-11(13)15-5-6-16-12(14)8-10(3)4/h9-10H,5-8H2,1-4H3. The fourth-order valence-corrected chi connectivity index (χ4v) is 1.10. The van der Waals surface area contributed by atoms with Crippen LogP contribution in [0.25, 0.3) is 0 Å². The van der Waals surface area contributed by atoms with Gasteiger partial charge in [-0.1, -0.05) is 27.7 Å². The molecule has 0 aromatic heterocycles. The van der Waals surface area contributed by atoms with Gasteiger partial charge in [-0.15, -0.1) is 0 Å². The van der Waals surface area contributed by atoms with Gasteiger partial charge in [0.05, 0.1) is 0 Å². The molecule has 0 radical (unpaired) electrons. The first kappa shape index (κ1) is 14.9. The van der Waals surface area contributed by atoms with Gasteiger partial charge in [-0.2, -0.15) is 0 Å². The highest BCUT2D eigenvalue weighted by atomic mass is 16.6. The number of rotatable bonds is 7. The van der Waals surface area contributed by atoms with Gasteiger partial charge in [0.15, 0.2) is 0 Å². The van der Waals surface area contributed by atoms with Crippen LogP contribution in [0, 0.1) is 11.8 Å². The van der Waals surface area contributed by atoms with Gasteiger partial charge in [-0.25, -0.2) is 0 Å². The molecular weight excluding hydrogens is 208 g/mol. The number of ether oxygens (including phenoxy) is 2. The highest BCUT2D eigenvalue weighted by Crippen LogP contribution is 2.02. The summed E-state index contributed by atoms with van der Waals surface area (Å²) in [4.78, 5) is 22.2. The maximum atomic E-state index is 11.1. The first-order valence-electron chi connectivity index (χ1n) is 5.73. The molecule has 4 nitrogen and oxygen atoms in total. The first-order chi connectivity index (χ1) is 7.41. The average molecular weight is 230 g/mol. The third kappa shape index (κ3) is 9.49. The van der Waals surface area contributed by atoms with Gasteiger partial charge >= 0.3 is 11.9 Å². The van der Waals surface area contributed by atoms with E-state index in [0.717, 1.165) is 0 Å². The Balaban J connectivity index is 3.46. The van der Waals surface area contributed by atoms with Gasteiger partial charge in [-0.3, -0.25) is 9.59 Å². The molecule has 0 N–H and O–H groups in total. The molecule has 0 bridgehead atoms. The summed E-state index contributed by atoms with van der Waals surface area (Å²) in [6, 6.07) is 0. The molecule has 0 aromatic carbocycles. The lowest BCUT2D eigenvalue weighted by molar-refractivity contribution is -0.153. The molecule has 0 aromatic rings. The predicted octanol–water partition coefficient (Wildman–Crippen LogP) is 2.17. The van der Waals surface area contributed by atoms with Crippen LogP contribution in [0.1, 0.15) is 40.5 Å². The Morgan fingerprint density at radius 3 is 1.38 bits per heavy atom. The fraction of sp³-hybridized carbons (Fsp3) is 0.833. The Hall–Kier alpha value is -1.06. The second-order valence-electron chi connectivity index (χ2n) is 4.64. The minimum atomic E-state index is -0.241. The molecule has 0 fully saturated rings. The van der Waals surface area contributed by atoms with Crippen molar-refractivity contribution < 1.29 is 19.1 Å². The van der Waals surface area contributed by atoms with Gasteiger partial charge in [0.2, 0.25) is 0 Å². The molecule has 0 heterocycles. The summed E-state index contributed by atoms with van der Waals surface area (Å²) in [7, 11) is 0. The summed E-state index contributed by atoms with van der Waals surface area (Å²) in [5, 5.41) is 0. The fourth-order valence-electron chi connectivity index (χ4n) is 1.10. The second-order valence-corrected chi connectivity index (χ2v) is 4.64. The minimum Gasteiger partial charge on any atom is -0.462 e. The van der Waals surface area contributed by atoms with E-state index in [-0.39, 0.29) is 37.0 Å². The van der Waals surface area contributed by atoms with Gasteiger partial charge in [0.1, 0.15) is 13.2 Å². The van der Waals surface area contributed by atoms with E-state index in [1.807, 2.05) is 27.7 Å². The molecule has 0 aliphatic rings. The Labute approximate surface area is 97.3 Å². The minimum absolute atomic E-state index is 0.148. The highest BCUT2D eigenvalue weighted by Gasteiger charge is 2.08. The van der Waals surface area contributed by atoms with Crippen molar-refractivity contribution in [2.75, 3.05) is 13.2 Å². The number of carbonyl (C=O) groups excluding carboxylic acids is 2. The topological polar surface area (TPSA) is 52.6 Å².